The second-order valence-corrected chi connectivity index (χ2v) is 9.03. The number of amides is 1. The summed E-state index contributed by atoms with van der Waals surface area (Å²) in [5.74, 6) is 1.25. The molecule has 0 bridgehead atoms. The average Bonchev–Trinajstić information content (AvgIpc) is 3.06. The summed E-state index contributed by atoms with van der Waals surface area (Å²) < 4.78 is 41.5. The largest absolute Gasteiger partial charge is 0.493 e. The van der Waals surface area contributed by atoms with Gasteiger partial charge in [-0.2, -0.15) is 0 Å². The fourth-order valence-corrected chi connectivity index (χ4v) is 5.03. The molecule has 8 nitrogen and oxygen atoms in total. The molecule has 3 rings (SSSR count). The summed E-state index contributed by atoms with van der Waals surface area (Å²) in [4.78, 5) is 12.7. The Morgan fingerprint density at radius 1 is 1.10 bits per heavy atom. The number of fused-ring (bicyclic) bond motifs is 1. The number of hydrogen-bond acceptors (Lipinski definition) is 6. The third-order valence-corrected chi connectivity index (χ3v) is 6.30. The van der Waals surface area contributed by atoms with Crippen molar-refractivity contribution in [3.63, 3.8) is 0 Å². The molecule has 1 N–H and O–H groups in total. The van der Waals surface area contributed by atoms with E-state index < -0.39 is 10.0 Å². The van der Waals surface area contributed by atoms with Crippen molar-refractivity contribution in [1.82, 2.24) is 5.32 Å². The van der Waals surface area contributed by atoms with E-state index in [9.17, 15) is 13.2 Å². The number of nitrogens with zero attached hydrogens (tertiary/aromatic N) is 1. The minimum absolute atomic E-state index is 0.174. The summed E-state index contributed by atoms with van der Waals surface area (Å²) in [5, 5.41) is 2.88. The minimum atomic E-state index is -3.36. The molecule has 2 aromatic carbocycles. The first-order valence-electron chi connectivity index (χ1n) is 9.39. The molecule has 0 radical (unpaired) electrons. The Morgan fingerprint density at radius 2 is 1.73 bits per heavy atom. The van der Waals surface area contributed by atoms with Gasteiger partial charge in [0.1, 0.15) is 0 Å². The number of ether oxygens (including phenoxy) is 3. The van der Waals surface area contributed by atoms with Gasteiger partial charge in [0.25, 0.3) is 5.91 Å². The fourth-order valence-electron chi connectivity index (χ4n) is 3.77. The van der Waals surface area contributed by atoms with E-state index in [1.807, 2.05) is 6.92 Å². The van der Waals surface area contributed by atoms with E-state index in [0.717, 1.165) is 11.1 Å². The Morgan fingerprint density at radius 3 is 2.27 bits per heavy atom. The molecular formula is C21H26N2O6S. The molecule has 9 heteroatoms. The molecule has 1 atom stereocenters. The molecule has 1 aliphatic heterocycles. The molecule has 1 heterocycles. The summed E-state index contributed by atoms with van der Waals surface area (Å²) in [6, 6.07) is 8.45. The van der Waals surface area contributed by atoms with Crippen LogP contribution in [0, 0.1) is 0 Å². The molecule has 0 fully saturated rings. The summed E-state index contributed by atoms with van der Waals surface area (Å²) in [7, 11) is 1.23. The monoisotopic (exact) mass is 434 g/mol. The zero-order valence-electron chi connectivity index (χ0n) is 17.7. The number of carbonyl (C=O) groups excluding carboxylic acids is 1. The van der Waals surface area contributed by atoms with Crippen molar-refractivity contribution in [2.45, 2.75) is 25.9 Å². The maximum Gasteiger partial charge on any atom is 0.251 e. The van der Waals surface area contributed by atoms with Crippen LogP contribution in [0.4, 0.5) is 5.69 Å². The Bertz CT molecular complexity index is 1040. The molecule has 2 aromatic rings. The van der Waals surface area contributed by atoms with Crippen LogP contribution in [0.5, 0.6) is 17.2 Å². The van der Waals surface area contributed by atoms with E-state index in [1.54, 1.807) is 30.3 Å². The van der Waals surface area contributed by atoms with Gasteiger partial charge in [0, 0.05) is 18.2 Å². The van der Waals surface area contributed by atoms with E-state index in [4.69, 9.17) is 14.2 Å². The van der Waals surface area contributed by atoms with Crippen LogP contribution >= 0.6 is 0 Å². The topological polar surface area (TPSA) is 94.2 Å². The standard InChI is InChI=1S/C21H26N2O6S/c1-13-8-16-11-15(6-7-17(16)23(13)30(5,25)26)21(24)22-12-14-9-18(27-2)20(29-4)19(10-14)28-3/h6-7,9-11,13H,8,12H2,1-5H3,(H,22,24). The van der Waals surface area contributed by atoms with Crippen molar-refractivity contribution in [2.24, 2.45) is 0 Å². The van der Waals surface area contributed by atoms with Gasteiger partial charge in [-0.05, 0) is 54.8 Å². The Labute approximate surface area is 176 Å². The average molecular weight is 435 g/mol. The number of hydrogen-bond donors (Lipinski definition) is 1. The molecule has 1 amide bonds. The van der Waals surface area contributed by atoms with Gasteiger partial charge in [-0.1, -0.05) is 0 Å². The Balaban J connectivity index is 1.78. The lowest BCUT2D eigenvalue weighted by atomic mass is 10.1. The SMILES string of the molecule is COc1cc(CNC(=O)c2ccc3c(c2)CC(C)N3S(C)(=O)=O)cc(OC)c1OC. The lowest BCUT2D eigenvalue weighted by molar-refractivity contribution is 0.0950. The van der Waals surface area contributed by atoms with Crippen molar-refractivity contribution in [2.75, 3.05) is 31.9 Å². The zero-order valence-corrected chi connectivity index (χ0v) is 18.5. The molecule has 1 unspecified atom stereocenters. The van der Waals surface area contributed by atoms with Crippen LogP contribution in [0.1, 0.15) is 28.4 Å². The molecule has 0 aromatic heterocycles. The third-order valence-electron chi connectivity index (χ3n) is 5.03. The smallest absolute Gasteiger partial charge is 0.251 e. The van der Waals surface area contributed by atoms with Crippen LogP contribution < -0.4 is 23.8 Å². The van der Waals surface area contributed by atoms with Gasteiger partial charge in [0.15, 0.2) is 11.5 Å². The lowest BCUT2D eigenvalue weighted by Gasteiger charge is -2.21. The number of sulfonamides is 1. The van der Waals surface area contributed by atoms with Crippen LogP contribution in [0.15, 0.2) is 30.3 Å². The molecule has 0 aliphatic carbocycles. The highest BCUT2D eigenvalue weighted by Gasteiger charge is 2.32. The number of rotatable bonds is 7. The van der Waals surface area contributed by atoms with Crippen LogP contribution in [0.2, 0.25) is 0 Å². The van der Waals surface area contributed by atoms with E-state index in [0.29, 0.717) is 34.9 Å². The normalized spacial score (nSPS) is 15.5. The van der Waals surface area contributed by atoms with Crippen molar-refractivity contribution in [3.05, 3.63) is 47.0 Å². The highest BCUT2D eigenvalue weighted by molar-refractivity contribution is 7.92. The predicted octanol–water partition coefficient (Wildman–Crippen LogP) is 2.35. The second-order valence-electron chi connectivity index (χ2n) is 7.17. The van der Waals surface area contributed by atoms with Gasteiger partial charge in [-0.3, -0.25) is 9.10 Å². The molecule has 0 spiro atoms. The molecule has 0 saturated carbocycles. The maximum atomic E-state index is 12.7. The minimum Gasteiger partial charge on any atom is -0.493 e. The Hall–Kier alpha value is -2.94. The van der Waals surface area contributed by atoms with Crippen molar-refractivity contribution in [3.8, 4) is 17.2 Å². The lowest BCUT2D eigenvalue weighted by Crippen LogP contribution is -2.34. The maximum absolute atomic E-state index is 12.7. The highest BCUT2D eigenvalue weighted by atomic mass is 32.2. The zero-order chi connectivity index (χ0) is 22.1. The van der Waals surface area contributed by atoms with Crippen molar-refractivity contribution >= 4 is 21.6 Å². The van der Waals surface area contributed by atoms with E-state index in [1.165, 1.54) is 31.9 Å². The summed E-state index contributed by atoms with van der Waals surface area (Å²) in [6.45, 7) is 2.11. The molecule has 1 aliphatic rings. The first kappa shape index (κ1) is 21.8. The third kappa shape index (κ3) is 4.16. The van der Waals surface area contributed by atoms with E-state index in [-0.39, 0.29) is 18.5 Å². The highest BCUT2D eigenvalue weighted by Crippen LogP contribution is 2.38. The summed E-state index contributed by atoms with van der Waals surface area (Å²) >= 11 is 0. The number of methoxy groups -OCH3 is 3. The van der Waals surface area contributed by atoms with Gasteiger partial charge in [0.05, 0.1) is 33.3 Å². The number of anilines is 1. The van der Waals surface area contributed by atoms with Gasteiger partial charge in [-0.25, -0.2) is 8.42 Å². The summed E-state index contributed by atoms with van der Waals surface area (Å²) in [6.07, 6.45) is 1.76. The van der Waals surface area contributed by atoms with Crippen molar-refractivity contribution in [1.29, 1.82) is 0 Å². The van der Waals surface area contributed by atoms with Gasteiger partial charge < -0.3 is 19.5 Å². The van der Waals surface area contributed by atoms with Crippen molar-refractivity contribution < 1.29 is 27.4 Å². The number of carbonyl (C=O) groups is 1. The quantitative estimate of drug-likeness (QED) is 0.719. The molecule has 162 valence electrons. The number of benzene rings is 2. The van der Waals surface area contributed by atoms with Gasteiger partial charge >= 0.3 is 0 Å². The van der Waals surface area contributed by atoms with Crippen LogP contribution in [-0.2, 0) is 23.0 Å². The van der Waals surface area contributed by atoms with Gasteiger partial charge in [0.2, 0.25) is 15.8 Å². The predicted molar refractivity (Wildman–Crippen MR) is 114 cm³/mol. The van der Waals surface area contributed by atoms with Gasteiger partial charge in [-0.15, -0.1) is 0 Å². The van der Waals surface area contributed by atoms with Crippen LogP contribution in [-0.4, -0.2) is 48.0 Å². The molecular weight excluding hydrogens is 408 g/mol. The van der Waals surface area contributed by atoms with Crippen LogP contribution in [0.3, 0.4) is 0 Å². The van der Waals surface area contributed by atoms with E-state index >= 15 is 0 Å². The fraction of sp³-hybridized carbons (Fsp3) is 0.381. The first-order chi connectivity index (χ1) is 14.2. The van der Waals surface area contributed by atoms with Crippen LogP contribution in [0.25, 0.3) is 0 Å². The molecule has 30 heavy (non-hydrogen) atoms. The first-order valence-corrected chi connectivity index (χ1v) is 11.2. The van der Waals surface area contributed by atoms with E-state index in [2.05, 4.69) is 5.32 Å². The summed E-state index contributed by atoms with van der Waals surface area (Å²) in [5.41, 5.74) is 2.74. The second kappa shape index (κ2) is 8.43. The molecule has 0 saturated heterocycles. The Kier molecular flexibility index (Phi) is 6.12. The number of nitrogens with one attached hydrogen (secondary N) is 1.